The van der Waals surface area contributed by atoms with E-state index in [4.69, 9.17) is 5.11 Å². The number of aromatic amines is 1. The lowest BCUT2D eigenvalue weighted by Gasteiger charge is -2.50. The van der Waals surface area contributed by atoms with Crippen LogP contribution in [-0.4, -0.2) is 33.5 Å². The zero-order valence-corrected chi connectivity index (χ0v) is 19.8. The summed E-state index contributed by atoms with van der Waals surface area (Å²) in [5, 5.41) is 10.0. The van der Waals surface area contributed by atoms with Crippen molar-refractivity contribution in [2.24, 2.45) is 17.8 Å². The maximum Gasteiger partial charge on any atom is 0.328 e. The third kappa shape index (κ3) is 3.88. The molecule has 1 aliphatic heterocycles. The van der Waals surface area contributed by atoms with Gasteiger partial charge in [0.15, 0.2) is 0 Å². The first-order chi connectivity index (χ1) is 16.9. The molecule has 2 aromatic carbocycles. The Kier molecular flexibility index (Phi) is 5.52. The molecule has 3 saturated carbocycles. The van der Waals surface area contributed by atoms with Crippen molar-refractivity contribution in [2.45, 2.75) is 51.1 Å². The van der Waals surface area contributed by atoms with Gasteiger partial charge in [0.25, 0.3) is 0 Å². The smallest absolute Gasteiger partial charge is 0.328 e. The largest absolute Gasteiger partial charge is 0.478 e. The van der Waals surface area contributed by atoms with Crippen molar-refractivity contribution >= 4 is 22.9 Å². The molecule has 2 N–H and O–H groups in total. The van der Waals surface area contributed by atoms with E-state index in [2.05, 4.69) is 22.9 Å². The molecule has 4 nitrogen and oxygen atoms in total. The van der Waals surface area contributed by atoms with E-state index >= 15 is 8.78 Å². The maximum absolute atomic E-state index is 15.7. The number of nitrogens with one attached hydrogen (secondary N) is 1. The number of benzene rings is 2. The van der Waals surface area contributed by atoms with Crippen LogP contribution in [0.4, 0.5) is 8.78 Å². The van der Waals surface area contributed by atoms with Gasteiger partial charge in [-0.15, -0.1) is 0 Å². The Hall–Kier alpha value is -2.99. The van der Waals surface area contributed by atoms with Gasteiger partial charge in [0.2, 0.25) is 0 Å². The molecular formula is C29H30F2N2O2. The molecule has 3 aliphatic carbocycles. The number of aliphatic carboxylic acids is 1. The molecule has 7 rings (SSSR count). The van der Waals surface area contributed by atoms with E-state index in [1.807, 2.05) is 18.2 Å². The van der Waals surface area contributed by atoms with Gasteiger partial charge in [0.05, 0.1) is 6.04 Å². The maximum atomic E-state index is 15.7. The van der Waals surface area contributed by atoms with Crippen LogP contribution in [0.5, 0.6) is 0 Å². The number of H-pyrrole nitrogens is 1. The van der Waals surface area contributed by atoms with Crippen LogP contribution in [0.3, 0.4) is 0 Å². The van der Waals surface area contributed by atoms with Gasteiger partial charge in [-0.25, -0.2) is 13.6 Å². The first-order valence-corrected chi connectivity index (χ1v) is 12.6. The van der Waals surface area contributed by atoms with Gasteiger partial charge in [-0.1, -0.05) is 24.6 Å². The van der Waals surface area contributed by atoms with Crippen molar-refractivity contribution in [2.75, 3.05) is 6.54 Å². The van der Waals surface area contributed by atoms with Crippen molar-refractivity contribution in [1.29, 1.82) is 0 Å². The number of hydrogen-bond donors (Lipinski definition) is 2. The number of nitrogens with zero attached hydrogens (tertiary/aromatic N) is 1. The van der Waals surface area contributed by atoms with Crippen LogP contribution in [0.2, 0.25) is 0 Å². The number of hydrogen-bond acceptors (Lipinski definition) is 2. The highest BCUT2D eigenvalue weighted by molar-refractivity contribution is 5.86. The quantitative estimate of drug-likeness (QED) is 0.424. The van der Waals surface area contributed by atoms with Crippen molar-refractivity contribution < 1.29 is 18.7 Å². The van der Waals surface area contributed by atoms with Gasteiger partial charge in [0.1, 0.15) is 11.6 Å². The van der Waals surface area contributed by atoms with Crippen LogP contribution < -0.4 is 0 Å². The van der Waals surface area contributed by atoms with Gasteiger partial charge < -0.3 is 10.1 Å². The molecule has 0 radical (unpaired) electrons. The summed E-state index contributed by atoms with van der Waals surface area (Å²) in [5.74, 6) is -0.279. The fourth-order valence-electron chi connectivity index (χ4n) is 6.84. The summed E-state index contributed by atoms with van der Waals surface area (Å²) in [6.45, 7) is 3.00. The Morgan fingerprint density at radius 2 is 1.91 bits per heavy atom. The van der Waals surface area contributed by atoms with Crippen LogP contribution in [-0.2, 0) is 11.2 Å². The van der Waals surface area contributed by atoms with E-state index in [-0.39, 0.29) is 17.2 Å². The molecule has 2 heterocycles. The SMILES string of the molecule is C[C@@H]1Cc2c([nH]c3ccccc23)[C@@H](c2c(F)cc(/C=C/C(=O)O)cc2F)N1CC1CCC2CC1C2. The van der Waals surface area contributed by atoms with E-state index in [9.17, 15) is 4.79 Å². The monoisotopic (exact) mass is 476 g/mol. The van der Waals surface area contributed by atoms with Gasteiger partial charge in [0, 0.05) is 40.8 Å². The van der Waals surface area contributed by atoms with Crippen molar-refractivity contribution in [1.82, 2.24) is 9.88 Å². The summed E-state index contributed by atoms with van der Waals surface area (Å²) in [7, 11) is 0. The van der Waals surface area contributed by atoms with E-state index < -0.39 is 23.6 Å². The second-order valence-electron chi connectivity index (χ2n) is 10.7. The molecule has 182 valence electrons. The molecule has 6 heteroatoms. The van der Waals surface area contributed by atoms with E-state index in [1.165, 1.54) is 43.9 Å². The first kappa shape index (κ1) is 22.5. The summed E-state index contributed by atoms with van der Waals surface area (Å²) in [5.41, 5.74) is 3.23. The molecular weight excluding hydrogens is 446 g/mol. The average Bonchev–Trinajstić information content (AvgIpc) is 3.17. The predicted molar refractivity (Wildman–Crippen MR) is 132 cm³/mol. The number of carbonyl (C=O) groups is 1. The highest BCUT2D eigenvalue weighted by atomic mass is 19.1. The summed E-state index contributed by atoms with van der Waals surface area (Å²) in [4.78, 5) is 16.7. The number of fused-ring (bicyclic) bond motifs is 5. The molecule has 0 spiro atoms. The molecule has 3 atom stereocenters. The van der Waals surface area contributed by atoms with Gasteiger partial charge in [-0.3, -0.25) is 4.90 Å². The minimum absolute atomic E-state index is 0.0409. The molecule has 3 aromatic rings. The Morgan fingerprint density at radius 1 is 1.17 bits per heavy atom. The topological polar surface area (TPSA) is 56.3 Å². The zero-order chi connectivity index (χ0) is 24.3. The summed E-state index contributed by atoms with van der Waals surface area (Å²) >= 11 is 0. The lowest BCUT2D eigenvalue weighted by Crippen LogP contribution is -2.49. The van der Waals surface area contributed by atoms with E-state index in [1.54, 1.807) is 0 Å². The van der Waals surface area contributed by atoms with Crippen LogP contribution in [0, 0.1) is 29.4 Å². The fraction of sp³-hybridized carbons (Fsp3) is 0.414. The second-order valence-corrected chi connectivity index (χ2v) is 10.7. The summed E-state index contributed by atoms with van der Waals surface area (Å²) in [6, 6.07) is 10.1. The Bertz CT molecular complexity index is 1300. The third-order valence-corrected chi connectivity index (χ3v) is 8.64. The molecule has 1 unspecified atom stereocenters. The predicted octanol–water partition coefficient (Wildman–Crippen LogP) is 6.32. The third-order valence-electron chi connectivity index (χ3n) is 8.64. The number of aromatic nitrogens is 1. The highest BCUT2D eigenvalue weighted by Gasteiger charge is 2.44. The van der Waals surface area contributed by atoms with Crippen LogP contribution in [0.25, 0.3) is 17.0 Å². The minimum atomic E-state index is -1.16. The fourth-order valence-corrected chi connectivity index (χ4v) is 6.84. The van der Waals surface area contributed by atoms with Gasteiger partial charge in [-0.2, -0.15) is 0 Å². The number of para-hydroxylation sites is 1. The molecule has 0 saturated heterocycles. The molecule has 4 aliphatic rings. The van der Waals surface area contributed by atoms with Crippen molar-refractivity contribution in [3.63, 3.8) is 0 Å². The van der Waals surface area contributed by atoms with Crippen LogP contribution in [0.15, 0.2) is 42.5 Å². The van der Waals surface area contributed by atoms with Gasteiger partial charge in [-0.05, 0) is 85.8 Å². The normalized spacial score (nSPS) is 28.3. The molecule has 1 aromatic heterocycles. The number of halogens is 2. The summed E-state index contributed by atoms with van der Waals surface area (Å²) in [6.07, 6.45) is 7.99. The lowest BCUT2D eigenvalue weighted by molar-refractivity contribution is -0.131. The zero-order valence-electron chi connectivity index (χ0n) is 19.8. The number of rotatable bonds is 5. The molecule has 0 amide bonds. The van der Waals surface area contributed by atoms with E-state index in [0.29, 0.717) is 5.92 Å². The van der Waals surface area contributed by atoms with Crippen LogP contribution >= 0.6 is 0 Å². The Labute approximate surface area is 203 Å². The Balaban J connectivity index is 1.47. The standard InChI is InChI=1S/C29H30F2N2O2/c1-16-10-22-21-4-2-3-5-25(21)32-28(22)29(33(16)15-19-8-6-17-11-20(19)12-17)27-23(30)13-18(14-24(27)31)7-9-26(34)35/h2-5,7,9,13-14,16-17,19-20,29,32H,6,8,10-12,15H2,1H3,(H,34,35)/b9-7+/t16-,17?,19?,20?,29-/m1/s1. The summed E-state index contributed by atoms with van der Waals surface area (Å²) < 4.78 is 31.3. The Morgan fingerprint density at radius 3 is 2.60 bits per heavy atom. The van der Waals surface area contributed by atoms with E-state index in [0.717, 1.165) is 53.0 Å². The molecule has 3 fully saturated rings. The molecule has 2 bridgehead atoms. The number of carboxylic acids is 1. The lowest BCUT2D eigenvalue weighted by atomic mass is 9.60. The average molecular weight is 477 g/mol. The second kappa shape index (κ2) is 8.59. The van der Waals surface area contributed by atoms with Gasteiger partial charge >= 0.3 is 5.97 Å². The minimum Gasteiger partial charge on any atom is -0.478 e. The van der Waals surface area contributed by atoms with Crippen molar-refractivity contribution in [3.05, 3.63) is 76.5 Å². The highest BCUT2D eigenvalue weighted by Crippen LogP contribution is 2.51. The van der Waals surface area contributed by atoms with Crippen molar-refractivity contribution in [3.8, 4) is 0 Å². The molecule has 35 heavy (non-hydrogen) atoms. The number of carboxylic acid groups (broad SMARTS) is 1. The van der Waals surface area contributed by atoms with Crippen LogP contribution in [0.1, 0.15) is 61.0 Å². The first-order valence-electron chi connectivity index (χ1n) is 12.6.